The number of rotatable bonds is 2. The Kier molecular flexibility index (Phi) is 4.70. The number of halogens is 4. The van der Waals surface area contributed by atoms with E-state index in [1.807, 2.05) is 19.1 Å². The Morgan fingerprint density at radius 3 is 2.32 bits per heavy atom. The summed E-state index contributed by atoms with van der Waals surface area (Å²) in [6.45, 7) is 3.76. The highest BCUT2D eigenvalue weighted by Crippen LogP contribution is 2.37. The van der Waals surface area contributed by atoms with Crippen LogP contribution in [0.5, 0.6) is 0 Å². The zero-order chi connectivity index (χ0) is 14.2. The van der Waals surface area contributed by atoms with Crippen LogP contribution in [0.1, 0.15) is 27.6 Å². The first-order valence-corrected chi connectivity index (χ1v) is 7.78. The molecule has 2 rings (SSSR count). The van der Waals surface area contributed by atoms with Crippen molar-refractivity contribution in [2.75, 3.05) is 0 Å². The molecule has 0 heterocycles. The van der Waals surface area contributed by atoms with Crippen LogP contribution in [0.4, 0.5) is 4.39 Å². The van der Waals surface area contributed by atoms with Gasteiger partial charge in [-0.05, 0) is 54.3 Å². The lowest BCUT2D eigenvalue weighted by Gasteiger charge is -2.15. The largest absolute Gasteiger partial charge is 0.207 e. The molecule has 2 aromatic rings. The summed E-state index contributed by atoms with van der Waals surface area (Å²) in [5, 5.41) is -0.314. The van der Waals surface area contributed by atoms with Gasteiger partial charge in [-0.1, -0.05) is 44.0 Å². The lowest BCUT2D eigenvalue weighted by Crippen LogP contribution is -1.97. The van der Waals surface area contributed by atoms with Crippen LogP contribution >= 0.6 is 43.5 Å². The lowest BCUT2D eigenvalue weighted by molar-refractivity contribution is 0.617. The summed E-state index contributed by atoms with van der Waals surface area (Å²) in [5.74, 6) is -0.211. The van der Waals surface area contributed by atoms with E-state index in [0.717, 1.165) is 25.6 Å². The van der Waals surface area contributed by atoms with E-state index >= 15 is 0 Å². The third-order valence-electron chi connectivity index (χ3n) is 3.03. The highest BCUT2D eigenvalue weighted by atomic mass is 79.9. The average molecular weight is 407 g/mol. The van der Waals surface area contributed by atoms with Crippen molar-refractivity contribution in [3.8, 4) is 0 Å². The van der Waals surface area contributed by atoms with E-state index in [9.17, 15) is 4.39 Å². The van der Waals surface area contributed by atoms with Crippen molar-refractivity contribution in [3.05, 3.63) is 67.3 Å². The highest BCUT2D eigenvalue weighted by Gasteiger charge is 2.16. The minimum absolute atomic E-state index is 0.211. The number of aryl methyl sites for hydroxylation is 2. The molecule has 19 heavy (non-hydrogen) atoms. The monoisotopic (exact) mass is 404 g/mol. The van der Waals surface area contributed by atoms with E-state index in [1.54, 1.807) is 19.1 Å². The van der Waals surface area contributed by atoms with Gasteiger partial charge in [-0.3, -0.25) is 0 Å². The second-order valence-electron chi connectivity index (χ2n) is 4.49. The van der Waals surface area contributed by atoms with Crippen LogP contribution in [0.2, 0.25) is 0 Å². The first-order valence-electron chi connectivity index (χ1n) is 5.76. The standard InChI is InChI=1S/C15H12Br2ClF/c1-8-6-13(17)11(7-12(8)16)15(18)10-3-4-14(19)9(2)5-10/h3-7,15H,1-2H3. The maximum absolute atomic E-state index is 13.3. The average Bonchev–Trinajstić information content (AvgIpc) is 2.36. The van der Waals surface area contributed by atoms with Crippen LogP contribution < -0.4 is 0 Å². The Labute approximate surface area is 134 Å². The summed E-state index contributed by atoms with van der Waals surface area (Å²) in [5.41, 5.74) is 3.59. The van der Waals surface area contributed by atoms with Crippen LogP contribution in [0.3, 0.4) is 0 Å². The van der Waals surface area contributed by atoms with Gasteiger partial charge in [-0.15, -0.1) is 11.6 Å². The van der Waals surface area contributed by atoms with E-state index < -0.39 is 0 Å². The maximum atomic E-state index is 13.3. The number of alkyl halides is 1. The number of benzene rings is 2. The Morgan fingerprint density at radius 2 is 1.68 bits per heavy atom. The normalized spacial score (nSPS) is 12.5. The zero-order valence-electron chi connectivity index (χ0n) is 10.5. The SMILES string of the molecule is Cc1cc(C(Cl)c2cc(Br)c(C)cc2Br)ccc1F. The molecule has 2 aromatic carbocycles. The van der Waals surface area contributed by atoms with Crippen molar-refractivity contribution in [1.82, 2.24) is 0 Å². The Bertz CT molecular complexity index is 626. The molecular formula is C15H12Br2ClF. The summed E-state index contributed by atoms with van der Waals surface area (Å²) in [4.78, 5) is 0. The van der Waals surface area contributed by atoms with E-state index in [0.29, 0.717) is 5.56 Å². The lowest BCUT2D eigenvalue weighted by atomic mass is 10.0. The van der Waals surface area contributed by atoms with Crippen molar-refractivity contribution < 1.29 is 4.39 Å². The van der Waals surface area contributed by atoms with Gasteiger partial charge in [0.15, 0.2) is 0 Å². The van der Waals surface area contributed by atoms with Gasteiger partial charge in [0.25, 0.3) is 0 Å². The molecule has 0 bridgehead atoms. The quantitative estimate of drug-likeness (QED) is 0.514. The molecule has 0 aliphatic heterocycles. The van der Waals surface area contributed by atoms with Gasteiger partial charge in [-0.2, -0.15) is 0 Å². The molecule has 0 aliphatic rings. The number of hydrogen-bond donors (Lipinski definition) is 0. The van der Waals surface area contributed by atoms with Crippen molar-refractivity contribution in [1.29, 1.82) is 0 Å². The summed E-state index contributed by atoms with van der Waals surface area (Å²) >= 11 is 13.6. The fourth-order valence-corrected chi connectivity index (χ4v) is 3.36. The molecule has 0 N–H and O–H groups in total. The Balaban J connectivity index is 2.46. The minimum Gasteiger partial charge on any atom is -0.207 e. The second kappa shape index (κ2) is 5.94. The molecule has 0 fully saturated rings. The summed E-state index contributed by atoms with van der Waals surface area (Å²) < 4.78 is 15.3. The zero-order valence-corrected chi connectivity index (χ0v) is 14.4. The number of hydrogen-bond acceptors (Lipinski definition) is 0. The van der Waals surface area contributed by atoms with Crippen LogP contribution in [-0.4, -0.2) is 0 Å². The second-order valence-corrected chi connectivity index (χ2v) is 6.64. The van der Waals surface area contributed by atoms with Crippen LogP contribution in [0.25, 0.3) is 0 Å². The van der Waals surface area contributed by atoms with Gasteiger partial charge >= 0.3 is 0 Å². The van der Waals surface area contributed by atoms with Gasteiger partial charge in [0.05, 0.1) is 5.38 Å². The predicted molar refractivity (Wildman–Crippen MR) is 85.4 cm³/mol. The Morgan fingerprint density at radius 1 is 1.00 bits per heavy atom. The molecule has 4 heteroatoms. The Hall–Kier alpha value is -0.380. The van der Waals surface area contributed by atoms with Crippen LogP contribution in [-0.2, 0) is 0 Å². The molecule has 0 radical (unpaired) electrons. The fourth-order valence-electron chi connectivity index (χ4n) is 1.86. The first-order chi connectivity index (χ1) is 8.90. The van der Waals surface area contributed by atoms with Gasteiger partial charge in [-0.25, -0.2) is 4.39 Å². The minimum atomic E-state index is -0.314. The summed E-state index contributed by atoms with van der Waals surface area (Å²) in [6, 6.07) is 8.98. The van der Waals surface area contributed by atoms with Gasteiger partial charge in [0, 0.05) is 8.95 Å². The topological polar surface area (TPSA) is 0 Å². The molecular weight excluding hydrogens is 394 g/mol. The third kappa shape index (κ3) is 3.21. The van der Waals surface area contributed by atoms with Crippen molar-refractivity contribution in [3.63, 3.8) is 0 Å². The molecule has 0 spiro atoms. The molecule has 0 nitrogen and oxygen atoms in total. The molecule has 0 aromatic heterocycles. The van der Waals surface area contributed by atoms with Crippen LogP contribution in [0, 0.1) is 19.7 Å². The van der Waals surface area contributed by atoms with E-state index in [1.165, 1.54) is 6.07 Å². The van der Waals surface area contributed by atoms with Gasteiger partial charge in [0.2, 0.25) is 0 Å². The van der Waals surface area contributed by atoms with E-state index in [4.69, 9.17) is 11.6 Å². The van der Waals surface area contributed by atoms with E-state index in [2.05, 4.69) is 31.9 Å². The summed E-state index contributed by atoms with van der Waals surface area (Å²) in [6.07, 6.45) is 0. The van der Waals surface area contributed by atoms with E-state index in [-0.39, 0.29) is 11.2 Å². The summed E-state index contributed by atoms with van der Waals surface area (Å²) in [7, 11) is 0. The van der Waals surface area contributed by atoms with Crippen molar-refractivity contribution in [2.24, 2.45) is 0 Å². The highest BCUT2D eigenvalue weighted by molar-refractivity contribution is 9.11. The van der Waals surface area contributed by atoms with Gasteiger partial charge < -0.3 is 0 Å². The maximum Gasteiger partial charge on any atom is 0.126 e. The molecule has 1 unspecified atom stereocenters. The molecule has 0 saturated carbocycles. The molecule has 0 amide bonds. The smallest absolute Gasteiger partial charge is 0.126 e. The van der Waals surface area contributed by atoms with Crippen LogP contribution in [0.15, 0.2) is 39.3 Å². The van der Waals surface area contributed by atoms with Crippen molar-refractivity contribution in [2.45, 2.75) is 19.2 Å². The first kappa shape index (κ1) is 15.0. The fraction of sp³-hybridized carbons (Fsp3) is 0.200. The molecule has 0 aliphatic carbocycles. The third-order valence-corrected chi connectivity index (χ3v) is 5.05. The predicted octanol–water partition coefficient (Wildman–Crippen LogP) is 6.30. The molecule has 0 saturated heterocycles. The van der Waals surface area contributed by atoms with Crippen molar-refractivity contribution >= 4 is 43.5 Å². The molecule has 1 atom stereocenters. The molecule has 100 valence electrons. The van der Waals surface area contributed by atoms with Gasteiger partial charge in [0.1, 0.15) is 5.82 Å².